The van der Waals surface area contributed by atoms with E-state index in [1.54, 1.807) is 64.3 Å². The van der Waals surface area contributed by atoms with Crippen LogP contribution in [0.1, 0.15) is 67.8 Å². The van der Waals surface area contributed by atoms with Gasteiger partial charge >= 0.3 is 27.2 Å². The van der Waals surface area contributed by atoms with Crippen molar-refractivity contribution < 1.29 is 97.3 Å². The van der Waals surface area contributed by atoms with Crippen molar-refractivity contribution in [3.05, 3.63) is 102 Å². The lowest BCUT2D eigenvalue weighted by Crippen LogP contribution is -2.41. The minimum atomic E-state index is -5.04. The number of aliphatic hydroxyl groups is 3. The van der Waals surface area contributed by atoms with E-state index in [-0.39, 0.29) is 34.7 Å². The Bertz CT molecular complexity index is 3780. The molecule has 2 saturated heterocycles. The van der Waals surface area contributed by atoms with E-state index in [1.807, 2.05) is 5.09 Å². The van der Waals surface area contributed by atoms with Crippen molar-refractivity contribution in [1.82, 2.24) is 49.2 Å². The minimum absolute atomic E-state index is 0.00332. The maximum atomic E-state index is 16.0. The lowest BCUT2D eigenvalue weighted by atomic mass is 9.98. The number of carbonyl (C=O) groups excluding carboxylic acids is 2. The van der Waals surface area contributed by atoms with Gasteiger partial charge in [0.15, 0.2) is 81.0 Å². The van der Waals surface area contributed by atoms with Crippen molar-refractivity contribution in [2.75, 3.05) is 49.4 Å². The summed E-state index contributed by atoms with van der Waals surface area (Å²) >= 11 is 0. The summed E-state index contributed by atoms with van der Waals surface area (Å²) in [5.41, 5.74) is 8.14. The summed E-state index contributed by atoms with van der Waals surface area (Å²) in [7, 11) is -6.05. The molecule has 0 spiro atoms. The number of aromatic nitrogens is 8. The van der Waals surface area contributed by atoms with Gasteiger partial charge in [-0.25, -0.2) is 50.4 Å². The lowest BCUT2D eigenvalue weighted by molar-refractivity contribution is -0.149. The van der Waals surface area contributed by atoms with Crippen molar-refractivity contribution in [2.24, 2.45) is 0 Å². The molecule has 0 aliphatic carbocycles. The van der Waals surface area contributed by atoms with Crippen LogP contribution >= 0.6 is 15.3 Å². The highest BCUT2D eigenvalue weighted by Crippen LogP contribution is 2.49. The fraction of sp³-hybridized carbons (Fsp3) is 0.444. The molecule has 0 amide bonds. The average molecular weight is 1330 g/mol. The molecule has 496 valence electrons. The summed E-state index contributed by atoms with van der Waals surface area (Å²) < 4.78 is 168. The van der Waals surface area contributed by atoms with E-state index in [4.69, 9.17) is 44.0 Å². The molecular weight excluding hydrogens is 1260 g/mol. The zero-order valence-corrected chi connectivity index (χ0v) is 52.0. The maximum absolute atomic E-state index is 16.0. The first-order chi connectivity index (χ1) is 42.7. The fourth-order valence-corrected chi connectivity index (χ4v) is 12.6. The predicted molar refractivity (Wildman–Crippen MR) is 313 cm³/mol. The molecular formula is C54H67F7N14O14P2. The molecule has 11 N–H and O–H groups in total. The van der Waals surface area contributed by atoms with E-state index in [2.05, 4.69) is 45.6 Å². The van der Waals surface area contributed by atoms with Crippen molar-refractivity contribution in [2.45, 2.75) is 128 Å². The third kappa shape index (κ3) is 15.6. The first-order valence-corrected chi connectivity index (χ1v) is 30.7. The number of imidazole rings is 2. The molecule has 3 aromatic carbocycles. The first-order valence-electron chi connectivity index (χ1n) is 27.6. The Morgan fingerprint density at radius 2 is 1.03 bits per heavy atom. The van der Waals surface area contributed by atoms with Crippen LogP contribution in [0.25, 0.3) is 22.3 Å². The van der Waals surface area contributed by atoms with Crippen LogP contribution in [-0.4, -0.2) is 154 Å². The molecule has 91 heavy (non-hydrogen) atoms. The van der Waals surface area contributed by atoms with E-state index < -0.39 is 147 Å². The first kappa shape index (κ1) is 70.6. The van der Waals surface area contributed by atoms with Crippen LogP contribution in [0.2, 0.25) is 0 Å². The number of hydrogen-bond acceptors (Lipinski definition) is 24. The van der Waals surface area contributed by atoms with Gasteiger partial charge in [-0.3, -0.25) is 27.8 Å². The van der Waals surface area contributed by atoms with Crippen LogP contribution in [0.4, 0.5) is 54.3 Å². The minimum Gasteiger partial charge on any atom is -0.462 e. The second-order valence-corrected chi connectivity index (χ2v) is 24.9. The molecule has 12 atom stereocenters. The molecule has 2 aliphatic rings. The Hall–Kier alpha value is -7.85. The van der Waals surface area contributed by atoms with E-state index >= 15 is 4.39 Å². The summed E-state index contributed by atoms with van der Waals surface area (Å²) in [6.07, 6.45) is -6.44. The number of benzene rings is 3. The zero-order chi connectivity index (χ0) is 67.2. The summed E-state index contributed by atoms with van der Waals surface area (Å²) in [5, 5.41) is 38.6. The number of nitrogens with one attached hydrogen (secondary N) is 4. The molecule has 2 aliphatic heterocycles. The molecule has 9 rings (SSSR count). The second kappa shape index (κ2) is 28.8. The number of nitrogen functional groups attached to an aromatic ring is 2. The number of para-hydroxylation sites is 2. The van der Waals surface area contributed by atoms with Crippen LogP contribution in [0.15, 0.2) is 73.3 Å². The third-order valence-corrected chi connectivity index (χ3v) is 17.3. The lowest BCUT2D eigenvalue weighted by Gasteiger charge is -2.25. The van der Waals surface area contributed by atoms with Gasteiger partial charge in [-0.15, -0.1) is 0 Å². The zero-order valence-electron chi connectivity index (χ0n) is 50.2. The van der Waals surface area contributed by atoms with E-state index in [0.717, 1.165) is 13.8 Å². The number of nitrogens with two attached hydrogens (primary N) is 2. The Balaban J connectivity index is 0.000000203. The van der Waals surface area contributed by atoms with Gasteiger partial charge < -0.3 is 65.4 Å². The number of ether oxygens (including phenoxy) is 4. The molecule has 0 saturated carbocycles. The Morgan fingerprint density at radius 1 is 0.637 bits per heavy atom. The summed E-state index contributed by atoms with van der Waals surface area (Å²) in [6, 6.07) is 12.5. The summed E-state index contributed by atoms with van der Waals surface area (Å²) in [4.78, 5) is 49.0. The van der Waals surface area contributed by atoms with Crippen molar-refractivity contribution in [1.29, 1.82) is 0 Å². The number of halogens is 7. The quantitative estimate of drug-likeness (QED) is 0.0127. The number of fused-ring (bicyclic) bond motifs is 2. The molecule has 6 heterocycles. The van der Waals surface area contributed by atoms with Gasteiger partial charge in [0.1, 0.15) is 53.3 Å². The van der Waals surface area contributed by atoms with E-state index in [1.165, 1.54) is 73.7 Å². The molecule has 0 bridgehead atoms. The Labute approximate surface area is 514 Å². The molecule has 7 aromatic rings. The average Bonchev–Trinajstić information content (AvgIpc) is 1.30. The SMILES string of the molecule is CC(C)OC(=O)[C@H](C)N[P@](=O)(Oc1ccccc1)c1c(F)c(F)c(F)c(F)c1F.CNc1nc(N)nc2c1ncn2[C@@H]1O[C@H](CO)[C@@H](O)[C@@]1(C)F.CNc1nc(N)nc2c1ncn2[C@@H]1O[C@H](CO[P@@](=O)(N[C@@H](C)C(=O)OC(C)C)Oc2ccccc2)[C@@H](O)[C@@]1(C)F. The van der Waals surface area contributed by atoms with Gasteiger partial charge in [-0.05, 0) is 79.7 Å². The largest absolute Gasteiger partial charge is 0.462 e. The van der Waals surface area contributed by atoms with E-state index in [9.17, 15) is 60.4 Å². The van der Waals surface area contributed by atoms with Crippen LogP contribution in [-0.2, 0) is 42.2 Å². The van der Waals surface area contributed by atoms with Gasteiger partial charge in [0.2, 0.25) is 17.7 Å². The number of aliphatic hydroxyl groups excluding tert-OH is 3. The van der Waals surface area contributed by atoms with Crippen LogP contribution in [0.3, 0.4) is 0 Å². The third-order valence-electron chi connectivity index (χ3n) is 13.4. The number of nitrogens with zero attached hydrogens (tertiary/aromatic N) is 8. The second-order valence-electron chi connectivity index (χ2n) is 21.2. The molecule has 0 unspecified atom stereocenters. The van der Waals surface area contributed by atoms with Gasteiger partial charge in [0.25, 0.3) is 0 Å². The van der Waals surface area contributed by atoms with Crippen LogP contribution < -0.4 is 46.6 Å². The van der Waals surface area contributed by atoms with Gasteiger partial charge in [0, 0.05) is 14.1 Å². The number of anilines is 4. The number of rotatable bonds is 21. The predicted octanol–water partition coefficient (Wildman–Crippen LogP) is 6.21. The van der Waals surface area contributed by atoms with Crippen LogP contribution in [0, 0.1) is 29.1 Å². The van der Waals surface area contributed by atoms with Gasteiger partial charge in [-0.2, -0.15) is 25.0 Å². The summed E-state index contributed by atoms with van der Waals surface area (Å²) in [6.45, 7) is 10.3. The fourth-order valence-electron chi connectivity index (χ4n) is 9.04. The van der Waals surface area contributed by atoms with Crippen molar-refractivity contribution in [3.8, 4) is 11.5 Å². The Morgan fingerprint density at radius 3 is 1.44 bits per heavy atom. The van der Waals surface area contributed by atoms with Gasteiger partial charge in [-0.1, -0.05) is 36.4 Å². The van der Waals surface area contributed by atoms with Crippen LogP contribution in [0.5, 0.6) is 11.5 Å². The molecule has 4 aromatic heterocycles. The van der Waals surface area contributed by atoms with Gasteiger partial charge in [0.05, 0.1) is 38.1 Å². The number of alkyl halides is 2. The molecule has 2 fully saturated rings. The molecule has 37 heteroatoms. The van der Waals surface area contributed by atoms with E-state index in [0.29, 0.717) is 22.7 Å². The van der Waals surface area contributed by atoms with Crippen molar-refractivity contribution >= 4 is 78.4 Å². The molecule has 28 nitrogen and oxygen atoms in total. The topological polar surface area (TPSA) is 381 Å². The smallest absolute Gasteiger partial charge is 0.459 e. The summed E-state index contributed by atoms with van der Waals surface area (Å²) in [5.74, 6) is -12.7. The van der Waals surface area contributed by atoms with Crippen molar-refractivity contribution in [3.63, 3.8) is 0 Å². The Kier molecular flexibility index (Phi) is 22.3. The standard InChI is InChI=1S/C24H33FN7O7P.C18H17F5NO4P.C12H17FN6O3/c1-13(2)37-21(34)14(3)31-40(35,39-15-9-7-6-8-10-15)36-11-16-18(33)24(4,25)22(38-16)32-12-28-17-19(27-5)29-23(26)30-20(17)32;1-9(2)27-18(25)10(3)24-29(26,28-11-7-5-4-6-8-11)17-15(22)13(20)12(19)14(21)16(17)23;1-12(13)7(21)5(3-20)22-10(12)19-4-16-6-8(15-2)17-11(14)18-9(6)19/h6-10,12-14,16,18,22,33H,11H2,1-5H3,(H,31,35)(H3,26,27,29,30);4-10H,1-3H3,(H,24,26);4-5,7,10,20-21H,3H2,1-2H3,(H3,14,15,17,18)/t14-,16+,18+,22+,24+,40-;10-,29+;5-,7-,10-,12-/m001/s1. The number of hydrogen-bond donors (Lipinski definition) is 9. The number of esters is 2. The highest BCUT2D eigenvalue weighted by atomic mass is 31.2. The maximum Gasteiger partial charge on any atom is 0.459 e. The number of carbonyl (C=O) groups is 2. The normalized spacial score (nSPS) is 23.3. The highest BCUT2D eigenvalue weighted by Gasteiger charge is 2.57. The monoisotopic (exact) mass is 1330 g/mol. The highest BCUT2D eigenvalue weighted by molar-refractivity contribution is 7.65. The molecule has 0 radical (unpaired) electrons.